The van der Waals surface area contributed by atoms with Gasteiger partial charge in [-0.25, -0.2) is 4.98 Å². The molecule has 3 aromatic rings. The number of nitrogens with one attached hydrogen (secondary N) is 2. The maximum absolute atomic E-state index is 12.2. The number of carbonyl (C=O) groups is 1. The molecular weight excluding hydrogens is 340 g/mol. The zero-order valence-electron chi connectivity index (χ0n) is 13.1. The van der Waals surface area contributed by atoms with Gasteiger partial charge >= 0.3 is 0 Å². The number of hydrogen-bond donors (Lipinski definition) is 3. The second-order valence-corrected chi connectivity index (χ2v) is 5.60. The Balaban J connectivity index is 1.67. The van der Waals surface area contributed by atoms with E-state index in [0.717, 1.165) is 11.3 Å². The van der Waals surface area contributed by atoms with Crippen LogP contribution in [0.25, 0.3) is 0 Å². The lowest BCUT2D eigenvalue weighted by Crippen LogP contribution is -2.24. The highest BCUT2D eigenvalue weighted by atomic mass is 35.5. The number of anilines is 3. The molecule has 25 heavy (non-hydrogen) atoms. The van der Waals surface area contributed by atoms with Crippen LogP contribution >= 0.6 is 11.6 Å². The molecule has 2 aromatic heterocycles. The molecule has 8 heteroatoms. The molecule has 4 N–H and O–H groups in total. The van der Waals surface area contributed by atoms with Crippen LogP contribution < -0.4 is 16.4 Å². The zero-order valence-corrected chi connectivity index (χ0v) is 13.9. The summed E-state index contributed by atoms with van der Waals surface area (Å²) in [7, 11) is 0. The lowest BCUT2D eigenvalue weighted by atomic mass is 10.2. The molecule has 0 unspecified atom stereocenters. The van der Waals surface area contributed by atoms with Crippen molar-refractivity contribution in [1.82, 2.24) is 20.3 Å². The zero-order chi connectivity index (χ0) is 17.6. The van der Waals surface area contributed by atoms with E-state index in [1.807, 2.05) is 18.2 Å². The molecule has 3 rings (SSSR count). The van der Waals surface area contributed by atoms with Crippen LogP contribution in [0.1, 0.15) is 15.9 Å². The van der Waals surface area contributed by atoms with E-state index in [-0.39, 0.29) is 23.2 Å². The van der Waals surface area contributed by atoms with Gasteiger partial charge in [0.05, 0.1) is 5.56 Å². The Kier molecular flexibility index (Phi) is 5.06. The van der Waals surface area contributed by atoms with Gasteiger partial charge in [-0.2, -0.15) is 4.98 Å². The summed E-state index contributed by atoms with van der Waals surface area (Å²) in [5, 5.41) is 6.34. The highest BCUT2D eigenvalue weighted by Gasteiger charge is 2.12. The molecule has 0 aliphatic heterocycles. The average Bonchev–Trinajstić information content (AvgIpc) is 2.61. The maximum atomic E-state index is 12.2. The van der Waals surface area contributed by atoms with Crippen molar-refractivity contribution in [3.8, 4) is 0 Å². The fraction of sp³-hybridized carbons (Fsp3) is 0.0588. The highest BCUT2D eigenvalue weighted by Crippen LogP contribution is 2.19. The summed E-state index contributed by atoms with van der Waals surface area (Å²) in [6.45, 7) is 0.364. The fourth-order valence-electron chi connectivity index (χ4n) is 2.10. The number of pyridine rings is 1. The van der Waals surface area contributed by atoms with Crippen LogP contribution in [-0.2, 0) is 6.54 Å². The third kappa shape index (κ3) is 4.42. The third-order valence-corrected chi connectivity index (χ3v) is 3.58. The predicted molar refractivity (Wildman–Crippen MR) is 96.6 cm³/mol. The Morgan fingerprint density at radius 3 is 2.72 bits per heavy atom. The SMILES string of the molecule is Nc1nc(Nc2cccc(Cl)c2)ncc1C(=O)NCc1ccncc1. The van der Waals surface area contributed by atoms with Crippen molar-refractivity contribution in [3.63, 3.8) is 0 Å². The summed E-state index contributed by atoms with van der Waals surface area (Å²) in [6.07, 6.45) is 4.71. The molecule has 0 saturated carbocycles. The standard InChI is InChI=1S/C17H15ClN6O/c18-12-2-1-3-13(8-12)23-17-22-10-14(15(19)24-17)16(25)21-9-11-4-6-20-7-5-11/h1-8,10H,9H2,(H,21,25)(H3,19,22,23,24). The van der Waals surface area contributed by atoms with Crippen molar-refractivity contribution >= 4 is 35.0 Å². The monoisotopic (exact) mass is 354 g/mol. The molecule has 2 heterocycles. The van der Waals surface area contributed by atoms with Gasteiger partial charge in [-0.3, -0.25) is 9.78 Å². The first-order chi connectivity index (χ1) is 12.1. The van der Waals surface area contributed by atoms with Crippen molar-refractivity contribution in [2.45, 2.75) is 6.54 Å². The average molecular weight is 355 g/mol. The largest absolute Gasteiger partial charge is 0.383 e. The van der Waals surface area contributed by atoms with Gasteiger partial charge in [-0.15, -0.1) is 0 Å². The number of nitrogens with zero attached hydrogens (tertiary/aromatic N) is 3. The first-order valence-electron chi connectivity index (χ1n) is 7.44. The van der Waals surface area contributed by atoms with E-state index in [2.05, 4.69) is 25.6 Å². The summed E-state index contributed by atoms with van der Waals surface area (Å²) >= 11 is 5.93. The second kappa shape index (κ2) is 7.59. The van der Waals surface area contributed by atoms with E-state index in [4.69, 9.17) is 17.3 Å². The van der Waals surface area contributed by atoms with E-state index in [9.17, 15) is 4.79 Å². The van der Waals surface area contributed by atoms with Crippen LogP contribution in [-0.4, -0.2) is 20.9 Å². The number of carbonyl (C=O) groups excluding carboxylic acids is 1. The smallest absolute Gasteiger partial charge is 0.256 e. The number of halogens is 1. The van der Waals surface area contributed by atoms with Crippen molar-refractivity contribution in [2.75, 3.05) is 11.1 Å². The molecule has 126 valence electrons. The fourth-order valence-corrected chi connectivity index (χ4v) is 2.29. The van der Waals surface area contributed by atoms with E-state index < -0.39 is 0 Å². The normalized spacial score (nSPS) is 10.3. The number of nitrogen functional groups attached to an aromatic ring is 1. The minimum atomic E-state index is -0.344. The minimum absolute atomic E-state index is 0.0896. The minimum Gasteiger partial charge on any atom is -0.383 e. The second-order valence-electron chi connectivity index (χ2n) is 5.17. The molecular formula is C17H15ClN6O. The summed E-state index contributed by atoms with van der Waals surface area (Å²) in [5.41, 5.74) is 7.76. The number of benzene rings is 1. The van der Waals surface area contributed by atoms with Crippen molar-refractivity contribution < 1.29 is 4.79 Å². The van der Waals surface area contributed by atoms with Gasteiger partial charge in [0, 0.05) is 35.8 Å². The lowest BCUT2D eigenvalue weighted by molar-refractivity contribution is 0.0951. The van der Waals surface area contributed by atoms with Gasteiger partial charge in [-0.05, 0) is 35.9 Å². The summed E-state index contributed by atoms with van der Waals surface area (Å²) in [6, 6.07) is 10.8. The Hall–Kier alpha value is -3.19. The third-order valence-electron chi connectivity index (χ3n) is 3.35. The topological polar surface area (TPSA) is 106 Å². The van der Waals surface area contributed by atoms with E-state index in [0.29, 0.717) is 11.6 Å². The number of rotatable bonds is 5. The van der Waals surface area contributed by atoms with Crippen molar-refractivity contribution in [3.05, 3.63) is 71.1 Å². The molecule has 7 nitrogen and oxygen atoms in total. The Morgan fingerprint density at radius 1 is 1.20 bits per heavy atom. The molecule has 0 atom stereocenters. The predicted octanol–water partition coefficient (Wildman–Crippen LogP) is 2.78. The van der Waals surface area contributed by atoms with Crippen molar-refractivity contribution in [2.24, 2.45) is 0 Å². The molecule has 1 amide bonds. The van der Waals surface area contributed by atoms with Gasteiger partial charge < -0.3 is 16.4 Å². The van der Waals surface area contributed by atoms with Crippen LogP contribution in [0.3, 0.4) is 0 Å². The van der Waals surface area contributed by atoms with Gasteiger partial charge in [0.15, 0.2) is 0 Å². The molecule has 0 radical (unpaired) electrons. The molecule has 0 spiro atoms. The van der Waals surface area contributed by atoms with Gasteiger partial charge in [0.2, 0.25) is 5.95 Å². The van der Waals surface area contributed by atoms with Crippen LogP contribution in [0, 0.1) is 0 Å². The van der Waals surface area contributed by atoms with Gasteiger partial charge in [-0.1, -0.05) is 17.7 Å². The summed E-state index contributed by atoms with van der Waals surface area (Å²) in [4.78, 5) is 24.4. The van der Waals surface area contributed by atoms with E-state index >= 15 is 0 Å². The molecule has 0 bridgehead atoms. The summed E-state index contributed by atoms with van der Waals surface area (Å²) in [5.74, 6) is 0.0285. The van der Waals surface area contributed by atoms with Gasteiger partial charge in [0.25, 0.3) is 5.91 Å². The van der Waals surface area contributed by atoms with Crippen LogP contribution in [0.2, 0.25) is 5.02 Å². The van der Waals surface area contributed by atoms with Crippen LogP contribution in [0.4, 0.5) is 17.5 Å². The summed E-state index contributed by atoms with van der Waals surface area (Å²) < 4.78 is 0. The number of aromatic nitrogens is 3. The number of hydrogen-bond acceptors (Lipinski definition) is 6. The first kappa shape index (κ1) is 16.7. The maximum Gasteiger partial charge on any atom is 0.256 e. The highest BCUT2D eigenvalue weighted by molar-refractivity contribution is 6.30. The van der Waals surface area contributed by atoms with E-state index in [1.165, 1.54) is 6.20 Å². The Labute approximate surface area is 149 Å². The number of nitrogens with two attached hydrogens (primary N) is 1. The van der Waals surface area contributed by atoms with E-state index in [1.54, 1.807) is 30.6 Å². The number of amides is 1. The van der Waals surface area contributed by atoms with Gasteiger partial charge in [0.1, 0.15) is 5.82 Å². The molecule has 0 aliphatic carbocycles. The molecule has 0 fully saturated rings. The van der Waals surface area contributed by atoms with Crippen molar-refractivity contribution in [1.29, 1.82) is 0 Å². The Morgan fingerprint density at radius 2 is 2.00 bits per heavy atom. The molecule has 1 aromatic carbocycles. The molecule has 0 aliphatic rings. The van der Waals surface area contributed by atoms with Crippen LogP contribution in [0.15, 0.2) is 55.0 Å². The Bertz CT molecular complexity index is 887. The lowest BCUT2D eigenvalue weighted by Gasteiger charge is -2.09. The molecule has 0 saturated heterocycles. The van der Waals surface area contributed by atoms with Crippen LogP contribution in [0.5, 0.6) is 0 Å². The first-order valence-corrected chi connectivity index (χ1v) is 7.82. The quantitative estimate of drug-likeness (QED) is 0.650.